The summed E-state index contributed by atoms with van der Waals surface area (Å²) in [6.45, 7) is 10.8. The van der Waals surface area contributed by atoms with Crippen LogP contribution in [0.25, 0.3) is 0 Å². The van der Waals surface area contributed by atoms with Crippen LogP contribution in [-0.2, 0) is 16.1 Å². The number of esters is 1. The first kappa shape index (κ1) is 29.3. The summed E-state index contributed by atoms with van der Waals surface area (Å²) in [5.74, 6) is -0.113. The Kier molecular flexibility index (Phi) is 10.7. The Morgan fingerprint density at radius 1 is 1.07 bits per heavy atom. The molecule has 2 aromatic carbocycles. The Hall–Kier alpha value is -3.65. The molecule has 3 aromatic rings. The highest BCUT2D eigenvalue weighted by atomic mass is 16.5. The highest BCUT2D eigenvalue weighted by molar-refractivity contribution is 5.77. The van der Waals surface area contributed by atoms with Gasteiger partial charge in [0.25, 0.3) is 0 Å². The van der Waals surface area contributed by atoms with Crippen molar-refractivity contribution in [2.45, 2.75) is 65.0 Å². The number of benzene rings is 2. The zero-order chi connectivity index (χ0) is 28.3. The maximum atomic E-state index is 12.1. The molecule has 0 saturated carbocycles. The SMILES string of the molecule is CCOc1ncc(Nc2cc(C(CC)CC(=O)OC)ccc2N(CC)C2CCN(Cc3ccccc3)CC2)cn1. The van der Waals surface area contributed by atoms with Crippen LogP contribution in [0.1, 0.15) is 63.5 Å². The first-order valence-corrected chi connectivity index (χ1v) is 14.5. The quantitative estimate of drug-likeness (QED) is 0.256. The largest absolute Gasteiger partial charge is 0.469 e. The van der Waals surface area contributed by atoms with E-state index >= 15 is 0 Å². The van der Waals surface area contributed by atoms with E-state index < -0.39 is 0 Å². The molecule has 1 N–H and O–H groups in total. The maximum absolute atomic E-state index is 12.1. The minimum Gasteiger partial charge on any atom is -0.469 e. The molecule has 2 heterocycles. The number of rotatable bonds is 13. The Morgan fingerprint density at radius 3 is 2.42 bits per heavy atom. The Balaban J connectivity index is 1.56. The van der Waals surface area contributed by atoms with Gasteiger partial charge in [0.05, 0.1) is 49.6 Å². The van der Waals surface area contributed by atoms with E-state index in [0.29, 0.717) is 25.1 Å². The van der Waals surface area contributed by atoms with Crippen LogP contribution in [0, 0.1) is 0 Å². The molecule has 4 rings (SSSR count). The van der Waals surface area contributed by atoms with Gasteiger partial charge in [0.1, 0.15) is 0 Å². The van der Waals surface area contributed by atoms with Crippen molar-refractivity contribution in [2.24, 2.45) is 0 Å². The fourth-order valence-corrected chi connectivity index (χ4v) is 5.54. The van der Waals surface area contributed by atoms with Crippen molar-refractivity contribution >= 4 is 23.0 Å². The third-order valence-corrected chi connectivity index (χ3v) is 7.70. The molecule has 214 valence electrons. The van der Waals surface area contributed by atoms with E-state index in [4.69, 9.17) is 9.47 Å². The lowest BCUT2D eigenvalue weighted by molar-refractivity contribution is -0.141. The monoisotopic (exact) mass is 545 g/mol. The van der Waals surface area contributed by atoms with Crippen molar-refractivity contribution < 1.29 is 14.3 Å². The second kappa shape index (κ2) is 14.7. The molecular formula is C32H43N5O3. The fourth-order valence-electron chi connectivity index (χ4n) is 5.54. The number of aromatic nitrogens is 2. The number of nitrogens with zero attached hydrogens (tertiary/aromatic N) is 4. The van der Waals surface area contributed by atoms with Gasteiger partial charge in [-0.15, -0.1) is 0 Å². The number of ether oxygens (including phenoxy) is 2. The van der Waals surface area contributed by atoms with E-state index in [1.807, 2.05) is 6.92 Å². The molecule has 0 bridgehead atoms. The van der Waals surface area contributed by atoms with Crippen molar-refractivity contribution in [2.75, 3.05) is 43.6 Å². The molecule has 40 heavy (non-hydrogen) atoms. The molecule has 0 radical (unpaired) electrons. The number of hydrogen-bond donors (Lipinski definition) is 1. The number of methoxy groups -OCH3 is 1. The lowest BCUT2D eigenvalue weighted by atomic mass is 9.92. The molecule has 1 atom stereocenters. The average molecular weight is 546 g/mol. The first-order chi connectivity index (χ1) is 19.5. The Morgan fingerprint density at radius 2 is 1.80 bits per heavy atom. The predicted octanol–water partition coefficient (Wildman–Crippen LogP) is 6.17. The van der Waals surface area contributed by atoms with Crippen molar-refractivity contribution in [3.05, 3.63) is 72.1 Å². The van der Waals surface area contributed by atoms with Gasteiger partial charge < -0.3 is 19.7 Å². The van der Waals surface area contributed by atoms with Crippen molar-refractivity contribution in [1.82, 2.24) is 14.9 Å². The van der Waals surface area contributed by atoms with Crippen LogP contribution >= 0.6 is 0 Å². The van der Waals surface area contributed by atoms with Crippen LogP contribution in [0.3, 0.4) is 0 Å². The van der Waals surface area contributed by atoms with Gasteiger partial charge in [-0.3, -0.25) is 9.69 Å². The third-order valence-electron chi connectivity index (χ3n) is 7.70. The summed E-state index contributed by atoms with van der Waals surface area (Å²) in [5, 5.41) is 3.58. The van der Waals surface area contributed by atoms with Crippen LogP contribution < -0.4 is 15.0 Å². The van der Waals surface area contributed by atoms with Gasteiger partial charge in [0.15, 0.2) is 0 Å². The molecule has 1 fully saturated rings. The molecular weight excluding hydrogens is 502 g/mol. The second-order valence-corrected chi connectivity index (χ2v) is 10.3. The number of likely N-dealkylation sites (tertiary alicyclic amines) is 1. The topological polar surface area (TPSA) is 79.8 Å². The molecule has 1 aliphatic rings. The van der Waals surface area contributed by atoms with Gasteiger partial charge in [-0.25, -0.2) is 9.97 Å². The number of carbonyl (C=O) groups excluding carboxylic acids is 1. The highest BCUT2D eigenvalue weighted by Crippen LogP contribution is 2.36. The minimum absolute atomic E-state index is 0.0786. The average Bonchev–Trinajstić information content (AvgIpc) is 2.99. The normalized spacial score (nSPS) is 14.9. The molecule has 0 amide bonds. The lowest BCUT2D eigenvalue weighted by Crippen LogP contribution is -2.45. The van der Waals surface area contributed by atoms with Gasteiger partial charge in [-0.1, -0.05) is 43.3 Å². The highest BCUT2D eigenvalue weighted by Gasteiger charge is 2.26. The van der Waals surface area contributed by atoms with Crippen molar-refractivity contribution in [3.63, 3.8) is 0 Å². The molecule has 1 aliphatic heterocycles. The summed E-state index contributed by atoms with van der Waals surface area (Å²) in [6, 6.07) is 18.1. The van der Waals surface area contributed by atoms with Crippen LogP contribution in [0.2, 0.25) is 0 Å². The summed E-state index contributed by atoms with van der Waals surface area (Å²) in [4.78, 5) is 25.9. The summed E-state index contributed by atoms with van der Waals surface area (Å²) < 4.78 is 10.4. The summed E-state index contributed by atoms with van der Waals surface area (Å²) in [6.07, 6.45) is 6.91. The predicted molar refractivity (Wildman–Crippen MR) is 160 cm³/mol. The summed E-state index contributed by atoms with van der Waals surface area (Å²) >= 11 is 0. The van der Waals surface area contributed by atoms with Gasteiger partial charge >= 0.3 is 12.0 Å². The van der Waals surface area contributed by atoms with E-state index in [0.717, 1.165) is 68.1 Å². The van der Waals surface area contributed by atoms with Crippen LogP contribution in [0.5, 0.6) is 6.01 Å². The number of piperidine rings is 1. The third kappa shape index (κ3) is 7.72. The fraction of sp³-hybridized carbons (Fsp3) is 0.469. The van der Waals surface area contributed by atoms with Crippen LogP contribution in [-0.4, -0.2) is 60.2 Å². The maximum Gasteiger partial charge on any atom is 0.316 e. The van der Waals surface area contributed by atoms with Crippen LogP contribution in [0.4, 0.5) is 17.1 Å². The molecule has 8 nitrogen and oxygen atoms in total. The number of hydrogen-bond acceptors (Lipinski definition) is 8. The zero-order valence-electron chi connectivity index (χ0n) is 24.3. The van der Waals surface area contributed by atoms with Gasteiger partial charge in [0, 0.05) is 32.2 Å². The van der Waals surface area contributed by atoms with Gasteiger partial charge in [-0.05, 0) is 62.3 Å². The minimum atomic E-state index is -0.192. The van der Waals surface area contributed by atoms with Crippen molar-refractivity contribution in [1.29, 1.82) is 0 Å². The summed E-state index contributed by atoms with van der Waals surface area (Å²) in [7, 11) is 1.45. The molecule has 1 saturated heterocycles. The lowest BCUT2D eigenvalue weighted by Gasteiger charge is -2.40. The first-order valence-electron chi connectivity index (χ1n) is 14.5. The Bertz CT molecular complexity index is 1200. The molecule has 1 unspecified atom stereocenters. The molecule has 1 aromatic heterocycles. The van der Waals surface area contributed by atoms with E-state index in [-0.39, 0.29) is 11.9 Å². The van der Waals surface area contributed by atoms with E-state index in [9.17, 15) is 4.79 Å². The van der Waals surface area contributed by atoms with E-state index in [2.05, 4.69) is 87.5 Å². The Labute approximate surface area is 238 Å². The van der Waals surface area contributed by atoms with E-state index in [1.165, 1.54) is 12.7 Å². The van der Waals surface area contributed by atoms with Gasteiger partial charge in [-0.2, -0.15) is 0 Å². The van der Waals surface area contributed by atoms with E-state index in [1.54, 1.807) is 12.4 Å². The molecule has 0 aliphatic carbocycles. The number of carbonyl (C=O) groups is 1. The smallest absolute Gasteiger partial charge is 0.316 e. The summed E-state index contributed by atoms with van der Waals surface area (Å²) in [5.41, 5.74) is 5.40. The number of anilines is 3. The molecule has 0 spiro atoms. The number of nitrogens with one attached hydrogen (secondary N) is 1. The second-order valence-electron chi connectivity index (χ2n) is 10.3. The van der Waals surface area contributed by atoms with Gasteiger partial charge in [0.2, 0.25) is 0 Å². The van der Waals surface area contributed by atoms with Crippen molar-refractivity contribution in [3.8, 4) is 6.01 Å². The standard InChI is InChI=1S/C32H43N5O3/c1-5-25(20-31(38)39-4)26-13-14-30(29(19-26)35-27-21-33-32(34-22-27)40-7-3)37(6-2)28-15-17-36(18-16-28)23-24-11-9-8-10-12-24/h8-14,19,21-22,25,28,35H,5-7,15-18,20,23H2,1-4H3. The molecule has 8 heteroatoms. The zero-order valence-corrected chi connectivity index (χ0v) is 24.3. The van der Waals surface area contributed by atoms with Crippen LogP contribution in [0.15, 0.2) is 60.9 Å².